The van der Waals surface area contributed by atoms with Gasteiger partial charge in [0.25, 0.3) is 5.56 Å². The van der Waals surface area contributed by atoms with Crippen LogP contribution >= 0.6 is 0 Å². The monoisotopic (exact) mass is 363 g/mol. The second kappa shape index (κ2) is 6.69. The number of H-pyrrole nitrogens is 1. The second-order valence-corrected chi connectivity index (χ2v) is 6.10. The summed E-state index contributed by atoms with van der Waals surface area (Å²) in [5.74, 6) is -0.614. The average molecular weight is 363 g/mol. The molecule has 4 aromatic rings. The molecular formula is C20H17N3O4. The van der Waals surface area contributed by atoms with Crippen LogP contribution in [-0.4, -0.2) is 34.8 Å². The van der Waals surface area contributed by atoms with Gasteiger partial charge in [-0.3, -0.25) is 4.79 Å². The predicted molar refractivity (Wildman–Crippen MR) is 101 cm³/mol. The SMILES string of the molecule is COCc1c(C(=O)OC)nn2cc(-c3ccc4ccccc4c3)[nH]c(=O)c12. The number of benzene rings is 2. The molecule has 136 valence electrons. The molecule has 7 nitrogen and oxygen atoms in total. The van der Waals surface area contributed by atoms with Crippen molar-refractivity contribution in [3.8, 4) is 11.3 Å². The van der Waals surface area contributed by atoms with E-state index < -0.39 is 5.97 Å². The van der Waals surface area contributed by atoms with Crippen molar-refractivity contribution in [2.75, 3.05) is 14.2 Å². The van der Waals surface area contributed by atoms with Crippen LogP contribution in [0.25, 0.3) is 27.5 Å². The van der Waals surface area contributed by atoms with Gasteiger partial charge in [0.1, 0.15) is 5.52 Å². The van der Waals surface area contributed by atoms with Crippen molar-refractivity contribution in [2.45, 2.75) is 6.61 Å². The summed E-state index contributed by atoms with van der Waals surface area (Å²) in [5.41, 5.74) is 1.82. The summed E-state index contributed by atoms with van der Waals surface area (Å²) in [6, 6.07) is 13.9. The summed E-state index contributed by atoms with van der Waals surface area (Å²) in [6.45, 7) is 0.0757. The van der Waals surface area contributed by atoms with Crippen LogP contribution < -0.4 is 5.56 Å². The summed E-state index contributed by atoms with van der Waals surface area (Å²) in [7, 11) is 2.76. The molecule has 0 atom stereocenters. The highest BCUT2D eigenvalue weighted by Crippen LogP contribution is 2.23. The molecule has 4 rings (SSSR count). The fraction of sp³-hybridized carbons (Fsp3) is 0.150. The van der Waals surface area contributed by atoms with Gasteiger partial charge in [0.05, 0.1) is 25.6 Å². The summed E-state index contributed by atoms with van der Waals surface area (Å²) in [4.78, 5) is 27.6. The van der Waals surface area contributed by atoms with Crippen molar-refractivity contribution in [3.05, 3.63) is 70.3 Å². The van der Waals surface area contributed by atoms with Crippen LogP contribution in [-0.2, 0) is 16.1 Å². The van der Waals surface area contributed by atoms with Crippen LogP contribution in [0.5, 0.6) is 0 Å². The molecule has 2 aromatic carbocycles. The number of hydrogen-bond acceptors (Lipinski definition) is 5. The Morgan fingerprint density at radius 2 is 1.93 bits per heavy atom. The van der Waals surface area contributed by atoms with Crippen LogP contribution in [0, 0.1) is 0 Å². The number of aromatic nitrogens is 3. The van der Waals surface area contributed by atoms with Crippen LogP contribution in [0.2, 0.25) is 0 Å². The van der Waals surface area contributed by atoms with Crippen LogP contribution in [0.3, 0.4) is 0 Å². The lowest BCUT2D eigenvalue weighted by Crippen LogP contribution is -2.12. The minimum Gasteiger partial charge on any atom is -0.464 e. The molecular weight excluding hydrogens is 346 g/mol. The quantitative estimate of drug-likeness (QED) is 0.564. The van der Waals surface area contributed by atoms with E-state index in [0.29, 0.717) is 11.3 Å². The molecule has 2 aromatic heterocycles. The molecule has 0 fully saturated rings. The Bertz CT molecular complexity index is 1220. The minimum absolute atomic E-state index is 0.0699. The first kappa shape index (κ1) is 17.0. The number of hydrogen-bond donors (Lipinski definition) is 1. The first-order chi connectivity index (χ1) is 13.1. The predicted octanol–water partition coefficient (Wildman–Crippen LogP) is 2.78. The Morgan fingerprint density at radius 1 is 1.15 bits per heavy atom. The lowest BCUT2D eigenvalue weighted by atomic mass is 10.1. The maximum absolute atomic E-state index is 12.7. The average Bonchev–Trinajstić information content (AvgIpc) is 3.06. The van der Waals surface area contributed by atoms with Crippen molar-refractivity contribution in [2.24, 2.45) is 0 Å². The molecule has 0 radical (unpaired) electrons. The van der Waals surface area contributed by atoms with E-state index in [4.69, 9.17) is 9.47 Å². The molecule has 0 unspecified atom stereocenters. The zero-order chi connectivity index (χ0) is 19.0. The zero-order valence-corrected chi connectivity index (χ0v) is 14.9. The highest BCUT2D eigenvalue weighted by Gasteiger charge is 2.22. The number of nitrogens with one attached hydrogen (secondary N) is 1. The number of carbonyl (C=O) groups excluding carboxylic acids is 1. The maximum Gasteiger partial charge on any atom is 0.358 e. The van der Waals surface area contributed by atoms with Crippen molar-refractivity contribution in [1.29, 1.82) is 0 Å². The fourth-order valence-electron chi connectivity index (χ4n) is 3.18. The van der Waals surface area contributed by atoms with Gasteiger partial charge in [-0.25, -0.2) is 9.31 Å². The number of nitrogens with zero attached hydrogens (tertiary/aromatic N) is 2. The normalized spacial score (nSPS) is 11.2. The summed E-state index contributed by atoms with van der Waals surface area (Å²) in [5, 5.41) is 6.43. The summed E-state index contributed by atoms with van der Waals surface area (Å²) < 4.78 is 11.3. The van der Waals surface area contributed by atoms with Gasteiger partial charge in [-0.1, -0.05) is 36.4 Å². The highest BCUT2D eigenvalue weighted by atomic mass is 16.5. The third-order valence-corrected chi connectivity index (χ3v) is 4.45. The third kappa shape index (κ3) is 2.88. The molecule has 0 bridgehead atoms. The van der Waals surface area contributed by atoms with Crippen LogP contribution in [0.4, 0.5) is 0 Å². The van der Waals surface area contributed by atoms with Gasteiger partial charge in [0.15, 0.2) is 5.69 Å². The van der Waals surface area contributed by atoms with Crippen molar-refractivity contribution in [1.82, 2.24) is 14.6 Å². The number of esters is 1. The van der Waals surface area contributed by atoms with Crippen molar-refractivity contribution < 1.29 is 14.3 Å². The van der Waals surface area contributed by atoms with E-state index in [1.165, 1.54) is 18.7 Å². The standard InChI is InChI=1S/C20H17N3O4/c1-26-11-15-17(20(25)27-2)22-23-10-16(21-19(24)18(15)23)14-8-7-12-5-3-4-6-13(12)9-14/h3-10H,11H2,1-2H3,(H,21,24). The molecule has 0 saturated heterocycles. The first-order valence-electron chi connectivity index (χ1n) is 8.33. The molecule has 1 N–H and O–H groups in total. The summed E-state index contributed by atoms with van der Waals surface area (Å²) >= 11 is 0. The van der Waals surface area contributed by atoms with Gasteiger partial charge in [0.2, 0.25) is 0 Å². The topological polar surface area (TPSA) is 85.7 Å². The molecule has 0 aliphatic carbocycles. The summed E-state index contributed by atoms with van der Waals surface area (Å²) in [6.07, 6.45) is 1.69. The number of fused-ring (bicyclic) bond motifs is 2. The van der Waals surface area contributed by atoms with E-state index in [1.807, 2.05) is 42.5 Å². The number of rotatable bonds is 4. The molecule has 0 aliphatic heterocycles. The van der Waals surface area contributed by atoms with Crippen molar-refractivity contribution >= 4 is 22.3 Å². The van der Waals surface area contributed by atoms with E-state index in [0.717, 1.165) is 16.3 Å². The van der Waals surface area contributed by atoms with Gasteiger partial charge in [0, 0.05) is 18.2 Å². The van der Waals surface area contributed by atoms with Crippen LogP contribution in [0.1, 0.15) is 16.1 Å². The smallest absolute Gasteiger partial charge is 0.358 e. The molecule has 7 heteroatoms. The van der Waals surface area contributed by atoms with Gasteiger partial charge in [-0.2, -0.15) is 5.10 Å². The fourth-order valence-corrected chi connectivity index (χ4v) is 3.18. The number of carbonyl (C=O) groups is 1. The largest absolute Gasteiger partial charge is 0.464 e. The number of aromatic amines is 1. The van der Waals surface area contributed by atoms with Gasteiger partial charge in [-0.05, 0) is 16.8 Å². The first-order valence-corrected chi connectivity index (χ1v) is 8.33. The van der Waals surface area contributed by atoms with E-state index in [9.17, 15) is 9.59 Å². The van der Waals surface area contributed by atoms with E-state index in [1.54, 1.807) is 6.20 Å². The Balaban J connectivity index is 1.92. The Hall–Kier alpha value is -3.45. The number of methoxy groups -OCH3 is 2. The third-order valence-electron chi connectivity index (χ3n) is 4.45. The molecule has 0 spiro atoms. The maximum atomic E-state index is 12.7. The lowest BCUT2D eigenvalue weighted by molar-refractivity contribution is 0.0589. The Morgan fingerprint density at radius 3 is 2.67 bits per heavy atom. The molecule has 0 saturated carbocycles. The van der Waals surface area contributed by atoms with Gasteiger partial charge < -0.3 is 14.5 Å². The molecule has 0 amide bonds. The molecule has 0 aliphatic rings. The van der Waals surface area contributed by atoms with Gasteiger partial charge >= 0.3 is 5.97 Å². The van der Waals surface area contributed by atoms with Gasteiger partial charge in [-0.15, -0.1) is 0 Å². The second-order valence-electron chi connectivity index (χ2n) is 6.10. The number of ether oxygens (including phenoxy) is 2. The van der Waals surface area contributed by atoms with E-state index >= 15 is 0 Å². The highest BCUT2D eigenvalue weighted by molar-refractivity contribution is 5.91. The van der Waals surface area contributed by atoms with Crippen LogP contribution in [0.15, 0.2) is 53.5 Å². The Kier molecular flexibility index (Phi) is 4.21. The molecule has 27 heavy (non-hydrogen) atoms. The van der Waals surface area contributed by atoms with E-state index in [2.05, 4.69) is 10.1 Å². The Labute approximate surface area is 154 Å². The lowest BCUT2D eigenvalue weighted by Gasteiger charge is -2.05. The van der Waals surface area contributed by atoms with E-state index in [-0.39, 0.29) is 23.4 Å². The minimum atomic E-state index is -0.614. The molecule has 2 heterocycles. The van der Waals surface area contributed by atoms with Crippen molar-refractivity contribution in [3.63, 3.8) is 0 Å². The zero-order valence-electron chi connectivity index (χ0n) is 14.9.